The molecule has 1 unspecified atom stereocenters. The van der Waals surface area contributed by atoms with Crippen molar-refractivity contribution >= 4 is 17.4 Å². The molecule has 1 atom stereocenters. The van der Waals surface area contributed by atoms with Gasteiger partial charge in [0.15, 0.2) is 0 Å². The van der Waals surface area contributed by atoms with Gasteiger partial charge in [0.25, 0.3) is 0 Å². The van der Waals surface area contributed by atoms with Gasteiger partial charge < -0.3 is 20.5 Å². The van der Waals surface area contributed by atoms with Crippen LogP contribution in [0.2, 0.25) is 0 Å². The Morgan fingerprint density at radius 2 is 1.78 bits per heavy atom. The molecule has 218 valence electrons. The normalized spacial score (nSPS) is 15.6. The Labute approximate surface area is 230 Å². The Morgan fingerprint density at radius 1 is 1.05 bits per heavy atom. The number of nitrogens with one attached hydrogen (secondary N) is 2. The maximum Gasteiger partial charge on any atom is 0.490 e. The summed E-state index contributed by atoms with van der Waals surface area (Å²) in [6.07, 6.45) is -5.61. The van der Waals surface area contributed by atoms with Crippen LogP contribution in [-0.2, 0) is 17.6 Å². The molecule has 3 heterocycles. The van der Waals surface area contributed by atoms with E-state index in [2.05, 4.69) is 20.8 Å². The van der Waals surface area contributed by atoms with E-state index in [9.17, 15) is 26.3 Å². The summed E-state index contributed by atoms with van der Waals surface area (Å²) in [5, 5.41) is 22.7. The van der Waals surface area contributed by atoms with E-state index in [1.807, 2.05) is 53.1 Å². The van der Waals surface area contributed by atoms with Crippen molar-refractivity contribution in [2.24, 2.45) is 0 Å². The number of halogens is 6. The number of hydrogen-bond acceptors (Lipinski definition) is 6. The average Bonchev–Trinajstić information content (AvgIpc) is 3.43. The van der Waals surface area contributed by atoms with Gasteiger partial charge in [-0.1, -0.05) is 30.3 Å². The number of carboxylic acids is 1. The van der Waals surface area contributed by atoms with Gasteiger partial charge in [0.1, 0.15) is 18.1 Å². The molecule has 1 fully saturated rings. The molecule has 0 radical (unpaired) electrons. The lowest BCUT2D eigenvalue weighted by atomic mass is 10.1. The highest BCUT2D eigenvalue weighted by atomic mass is 19.4. The number of alkyl halides is 6. The van der Waals surface area contributed by atoms with Crippen molar-refractivity contribution in [3.8, 4) is 17.0 Å². The molecule has 0 bridgehead atoms. The van der Waals surface area contributed by atoms with Gasteiger partial charge in [-0.2, -0.15) is 26.3 Å². The third-order valence-electron chi connectivity index (χ3n) is 6.14. The fourth-order valence-electron chi connectivity index (χ4n) is 4.15. The molecule has 2 aromatic carbocycles. The summed E-state index contributed by atoms with van der Waals surface area (Å²) < 4.78 is 79.8. The van der Waals surface area contributed by atoms with Gasteiger partial charge in [0.2, 0.25) is 5.95 Å². The van der Waals surface area contributed by atoms with Crippen LogP contribution in [0, 0.1) is 0 Å². The zero-order valence-electron chi connectivity index (χ0n) is 21.3. The van der Waals surface area contributed by atoms with E-state index in [-0.39, 0.29) is 18.4 Å². The number of carbonyl (C=O) groups is 1. The maximum atomic E-state index is 13.4. The molecular weight excluding hydrogens is 556 g/mol. The summed E-state index contributed by atoms with van der Waals surface area (Å²) in [4.78, 5) is 8.90. The second-order valence-electron chi connectivity index (χ2n) is 9.11. The predicted molar refractivity (Wildman–Crippen MR) is 137 cm³/mol. The first kappa shape index (κ1) is 29.6. The van der Waals surface area contributed by atoms with E-state index >= 15 is 0 Å². The van der Waals surface area contributed by atoms with E-state index in [0.29, 0.717) is 17.2 Å². The topological polar surface area (TPSA) is 101 Å². The number of rotatable bonds is 6. The second kappa shape index (κ2) is 12.5. The van der Waals surface area contributed by atoms with Gasteiger partial charge >= 0.3 is 18.3 Å². The molecule has 1 saturated heterocycles. The van der Waals surface area contributed by atoms with Crippen molar-refractivity contribution in [1.29, 1.82) is 0 Å². The first-order chi connectivity index (χ1) is 19.4. The Bertz CT molecular complexity index is 1470. The second-order valence-corrected chi connectivity index (χ2v) is 9.11. The lowest BCUT2D eigenvalue weighted by Gasteiger charge is -2.24. The summed E-state index contributed by atoms with van der Waals surface area (Å²) in [6.45, 7) is 1.97. The average molecular weight is 582 g/mol. The molecule has 1 aliphatic rings. The Balaban J connectivity index is 0.000000493. The molecule has 0 saturated carbocycles. The van der Waals surface area contributed by atoms with Crippen LogP contribution in [0.25, 0.3) is 16.8 Å². The van der Waals surface area contributed by atoms with Crippen LogP contribution < -0.4 is 15.4 Å². The van der Waals surface area contributed by atoms with Gasteiger partial charge in [-0.3, -0.25) is 4.40 Å². The molecule has 2 aromatic heterocycles. The molecule has 14 heteroatoms. The molecular formula is C27H25F6N5O3. The van der Waals surface area contributed by atoms with E-state index in [1.54, 1.807) is 0 Å². The fourth-order valence-corrected chi connectivity index (χ4v) is 4.15. The minimum absolute atomic E-state index is 0.105. The highest BCUT2D eigenvalue weighted by Crippen LogP contribution is 2.38. The van der Waals surface area contributed by atoms with E-state index < -0.39 is 23.9 Å². The number of benzene rings is 2. The number of ether oxygens (including phenoxy) is 1. The highest BCUT2D eigenvalue weighted by Gasteiger charge is 2.38. The van der Waals surface area contributed by atoms with Crippen molar-refractivity contribution in [2.75, 3.05) is 18.4 Å². The van der Waals surface area contributed by atoms with Crippen molar-refractivity contribution in [3.63, 3.8) is 0 Å². The van der Waals surface area contributed by atoms with Crippen molar-refractivity contribution in [3.05, 3.63) is 78.0 Å². The zero-order valence-corrected chi connectivity index (χ0v) is 21.3. The third kappa shape index (κ3) is 7.66. The van der Waals surface area contributed by atoms with Gasteiger partial charge in [-0.25, -0.2) is 4.79 Å². The maximum absolute atomic E-state index is 13.4. The quantitative estimate of drug-likeness (QED) is 0.248. The van der Waals surface area contributed by atoms with Gasteiger partial charge in [-0.05, 0) is 55.3 Å². The zero-order chi connectivity index (χ0) is 29.6. The van der Waals surface area contributed by atoms with Crippen LogP contribution in [0.15, 0.2) is 66.9 Å². The monoisotopic (exact) mass is 581 g/mol. The minimum atomic E-state index is -5.08. The van der Waals surface area contributed by atoms with E-state index in [1.165, 1.54) is 6.07 Å². The number of hydrogen-bond donors (Lipinski definition) is 3. The van der Waals surface area contributed by atoms with Crippen molar-refractivity contribution in [1.82, 2.24) is 19.9 Å². The SMILES string of the molecule is FC(F)(F)c1ccc(-c2nnc(NC3CCCNC3)n3cccc23)c(OCc2ccccc2)c1.O=C(O)C(F)(F)F. The lowest BCUT2D eigenvalue weighted by molar-refractivity contribution is -0.192. The summed E-state index contributed by atoms with van der Waals surface area (Å²) in [5.74, 6) is -2.06. The van der Waals surface area contributed by atoms with Gasteiger partial charge in [0, 0.05) is 24.3 Å². The van der Waals surface area contributed by atoms with Crippen LogP contribution in [0.3, 0.4) is 0 Å². The largest absolute Gasteiger partial charge is 0.490 e. The molecule has 41 heavy (non-hydrogen) atoms. The summed E-state index contributed by atoms with van der Waals surface area (Å²) in [5.41, 5.74) is 1.71. The molecule has 0 amide bonds. The van der Waals surface area contributed by atoms with Gasteiger partial charge in [0.05, 0.1) is 11.1 Å². The van der Waals surface area contributed by atoms with E-state index in [0.717, 1.165) is 49.1 Å². The lowest BCUT2D eigenvalue weighted by Crippen LogP contribution is -2.39. The number of nitrogens with zero attached hydrogens (tertiary/aromatic N) is 3. The van der Waals surface area contributed by atoms with Crippen LogP contribution >= 0.6 is 0 Å². The van der Waals surface area contributed by atoms with Crippen LogP contribution in [-0.4, -0.2) is 51.0 Å². The number of piperidine rings is 1. The summed E-state index contributed by atoms with van der Waals surface area (Å²) >= 11 is 0. The molecule has 0 spiro atoms. The Hall–Kier alpha value is -4.33. The number of aromatic nitrogens is 3. The molecule has 8 nitrogen and oxygen atoms in total. The van der Waals surface area contributed by atoms with Crippen LogP contribution in [0.4, 0.5) is 32.3 Å². The smallest absolute Gasteiger partial charge is 0.488 e. The van der Waals surface area contributed by atoms with Crippen molar-refractivity contribution < 1.29 is 41.0 Å². The molecule has 0 aliphatic carbocycles. The molecule has 1 aliphatic heterocycles. The first-order valence-corrected chi connectivity index (χ1v) is 12.4. The highest BCUT2D eigenvalue weighted by molar-refractivity contribution is 5.81. The minimum Gasteiger partial charge on any atom is -0.488 e. The first-order valence-electron chi connectivity index (χ1n) is 12.4. The predicted octanol–water partition coefficient (Wildman–Crippen LogP) is 5.79. The molecule has 3 N–H and O–H groups in total. The molecule has 4 aromatic rings. The number of aliphatic carboxylic acids is 1. The van der Waals surface area contributed by atoms with E-state index in [4.69, 9.17) is 14.6 Å². The number of anilines is 1. The third-order valence-corrected chi connectivity index (χ3v) is 6.14. The number of carboxylic acid groups (broad SMARTS) is 1. The fraction of sp³-hybridized carbons (Fsp3) is 0.296. The Morgan fingerprint density at radius 3 is 2.41 bits per heavy atom. The summed E-state index contributed by atoms with van der Waals surface area (Å²) in [6, 6.07) is 16.7. The number of fused-ring (bicyclic) bond motifs is 1. The molecule has 5 rings (SSSR count). The van der Waals surface area contributed by atoms with Crippen molar-refractivity contribution in [2.45, 2.75) is 37.8 Å². The van der Waals surface area contributed by atoms with Crippen LogP contribution in [0.1, 0.15) is 24.0 Å². The van der Waals surface area contributed by atoms with Crippen LogP contribution in [0.5, 0.6) is 5.75 Å². The van der Waals surface area contributed by atoms with Gasteiger partial charge in [-0.15, -0.1) is 10.2 Å². The Kier molecular flexibility index (Phi) is 9.01. The standard InChI is InChI=1S/C25H24F3N5O.C2HF3O2/c26-25(27,28)18-10-11-20(22(14-18)34-16-17-6-2-1-3-7-17)23-21-9-5-13-33(21)24(32-31-23)30-19-8-4-12-29-15-19;3-2(4,5)1(6)7/h1-3,5-7,9-11,13-14,19,29H,4,8,12,15-16H2,(H,30,32);(H,6,7). The summed E-state index contributed by atoms with van der Waals surface area (Å²) in [7, 11) is 0.